The van der Waals surface area contributed by atoms with Crippen molar-refractivity contribution in [1.82, 2.24) is 9.97 Å². The van der Waals surface area contributed by atoms with Gasteiger partial charge in [0, 0.05) is 0 Å². The monoisotopic (exact) mass is 487 g/mol. The van der Waals surface area contributed by atoms with E-state index in [1.54, 1.807) is 24.3 Å². The Labute approximate surface area is 198 Å². The molecule has 1 amide bonds. The van der Waals surface area contributed by atoms with E-state index in [9.17, 15) is 9.18 Å². The smallest absolute Gasteiger partial charge is 0.270 e. The minimum Gasteiger partial charge on any atom is -0.490 e. The van der Waals surface area contributed by atoms with Gasteiger partial charge in [0.25, 0.3) is 11.8 Å². The molecule has 4 rings (SSSR count). The number of anilines is 1. The van der Waals surface area contributed by atoms with E-state index in [1.165, 1.54) is 16.7 Å². The lowest BCUT2D eigenvalue weighted by Gasteiger charge is -2.14. The topological polar surface area (TPSA) is 64.5 Å². The van der Waals surface area contributed by atoms with Crippen molar-refractivity contribution < 1.29 is 18.7 Å². The Kier molecular flexibility index (Phi) is 6.69. The van der Waals surface area contributed by atoms with Crippen molar-refractivity contribution in [2.24, 2.45) is 0 Å². The number of halogens is 2. The highest BCUT2D eigenvalue weighted by Crippen LogP contribution is 2.38. The van der Waals surface area contributed by atoms with Crippen molar-refractivity contribution in [2.75, 3.05) is 11.5 Å². The number of thioether (sulfide) groups is 1. The predicted molar refractivity (Wildman–Crippen MR) is 127 cm³/mol. The molecular weight excluding hydrogens is 473 g/mol. The van der Waals surface area contributed by atoms with Gasteiger partial charge in [-0.2, -0.15) is 9.37 Å². The van der Waals surface area contributed by atoms with Crippen molar-refractivity contribution in [3.63, 3.8) is 0 Å². The van der Waals surface area contributed by atoms with E-state index < -0.39 is 5.82 Å². The van der Waals surface area contributed by atoms with Crippen LogP contribution < -0.4 is 14.4 Å². The van der Waals surface area contributed by atoms with E-state index in [4.69, 9.17) is 33.3 Å². The number of thiocarbonyl (C=S) groups is 1. The number of ether oxygens (including phenoxy) is 2. The molecule has 6 nitrogen and oxygen atoms in total. The van der Waals surface area contributed by atoms with Crippen LogP contribution in [0, 0.1) is 5.82 Å². The van der Waals surface area contributed by atoms with E-state index in [0.29, 0.717) is 32.8 Å². The molecule has 1 aliphatic rings. The van der Waals surface area contributed by atoms with Crippen LogP contribution in [0.4, 0.5) is 10.1 Å². The summed E-state index contributed by atoms with van der Waals surface area (Å²) in [4.78, 5) is 22.2. The lowest BCUT2D eigenvalue weighted by atomic mass is 10.1. The standard InChI is InChI=1S/C22H15ClFN3O3S2/c1-2-29-17-10-13(8-9-16(17)30-19-15(24)12-25-21(23)26-19)11-18-20(28)27(22(31)32-18)14-6-4-3-5-7-14/h3-12H,2H2,1H3/b18-11+. The van der Waals surface area contributed by atoms with Gasteiger partial charge < -0.3 is 9.47 Å². The van der Waals surface area contributed by atoms with Crippen LogP contribution in [-0.2, 0) is 4.79 Å². The first kappa shape index (κ1) is 22.2. The van der Waals surface area contributed by atoms with Gasteiger partial charge >= 0.3 is 0 Å². The molecule has 0 bridgehead atoms. The van der Waals surface area contributed by atoms with Crippen LogP contribution in [0.2, 0.25) is 5.28 Å². The molecule has 0 unspecified atom stereocenters. The molecule has 32 heavy (non-hydrogen) atoms. The van der Waals surface area contributed by atoms with Crippen molar-refractivity contribution in [3.05, 3.63) is 76.3 Å². The summed E-state index contributed by atoms with van der Waals surface area (Å²) in [7, 11) is 0. The summed E-state index contributed by atoms with van der Waals surface area (Å²) >= 11 is 12.3. The van der Waals surface area contributed by atoms with Gasteiger partial charge in [0.1, 0.15) is 0 Å². The maximum Gasteiger partial charge on any atom is 0.270 e. The second-order valence-electron chi connectivity index (χ2n) is 6.39. The number of rotatable bonds is 6. The summed E-state index contributed by atoms with van der Waals surface area (Å²) < 4.78 is 25.6. The van der Waals surface area contributed by atoms with E-state index in [1.807, 2.05) is 37.3 Å². The normalized spacial score (nSPS) is 14.8. The summed E-state index contributed by atoms with van der Waals surface area (Å²) in [6.45, 7) is 2.16. The van der Waals surface area contributed by atoms with Crippen molar-refractivity contribution in [2.45, 2.75) is 6.92 Å². The number of benzene rings is 2. The molecule has 1 aliphatic heterocycles. The first-order chi connectivity index (χ1) is 15.5. The van der Waals surface area contributed by atoms with Crippen LogP contribution in [0.5, 0.6) is 17.4 Å². The third-order valence-corrected chi connectivity index (χ3v) is 5.75. The van der Waals surface area contributed by atoms with Crippen LogP contribution in [0.1, 0.15) is 12.5 Å². The molecule has 162 valence electrons. The van der Waals surface area contributed by atoms with E-state index >= 15 is 0 Å². The number of aromatic nitrogens is 2. The van der Waals surface area contributed by atoms with Gasteiger partial charge in [-0.15, -0.1) is 0 Å². The molecule has 0 N–H and O–H groups in total. The number of carbonyl (C=O) groups is 1. The molecule has 2 aromatic carbocycles. The molecular formula is C22H15ClFN3O3S2. The molecule has 10 heteroatoms. The van der Waals surface area contributed by atoms with Crippen LogP contribution in [0.25, 0.3) is 6.08 Å². The molecule has 2 heterocycles. The summed E-state index contributed by atoms with van der Waals surface area (Å²) in [6, 6.07) is 14.2. The molecule has 3 aromatic rings. The van der Waals surface area contributed by atoms with Gasteiger partial charge in [-0.25, -0.2) is 4.98 Å². The molecule has 0 saturated carbocycles. The third-order valence-electron chi connectivity index (χ3n) is 4.26. The van der Waals surface area contributed by atoms with Crippen molar-refractivity contribution in [1.29, 1.82) is 0 Å². The highest BCUT2D eigenvalue weighted by Gasteiger charge is 2.33. The summed E-state index contributed by atoms with van der Waals surface area (Å²) in [6.07, 6.45) is 2.64. The molecule has 1 fully saturated rings. The largest absolute Gasteiger partial charge is 0.490 e. The lowest BCUT2D eigenvalue weighted by Crippen LogP contribution is -2.27. The Balaban J connectivity index is 1.63. The number of para-hydroxylation sites is 1. The van der Waals surface area contributed by atoms with Crippen LogP contribution in [-0.4, -0.2) is 26.8 Å². The quantitative estimate of drug-likeness (QED) is 0.245. The number of hydrogen-bond acceptors (Lipinski definition) is 7. The highest BCUT2D eigenvalue weighted by molar-refractivity contribution is 8.27. The van der Waals surface area contributed by atoms with Gasteiger partial charge in [-0.3, -0.25) is 9.69 Å². The first-order valence-electron chi connectivity index (χ1n) is 9.42. The zero-order valence-corrected chi connectivity index (χ0v) is 19.0. The summed E-state index contributed by atoms with van der Waals surface area (Å²) in [5, 5.41) is -0.142. The van der Waals surface area contributed by atoms with Crippen LogP contribution >= 0.6 is 35.6 Å². The predicted octanol–water partition coefficient (Wildman–Crippen LogP) is 5.87. The molecule has 1 aromatic heterocycles. The van der Waals surface area contributed by atoms with Gasteiger partial charge in [-0.1, -0.05) is 48.2 Å². The van der Waals surface area contributed by atoms with Crippen molar-refractivity contribution in [3.8, 4) is 17.4 Å². The molecule has 0 aliphatic carbocycles. The molecule has 0 radical (unpaired) electrons. The second kappa shape index (κ2) is 9.64. The average Bonchev–Trinajstić information content (AvgIpc) is 3.06. The van der Waals surface area contributed by atoms with E-state index in [0.717, 1.165) is 6.20 Å². The van der Waals surface area contributed by atoms with E-state index in [2.05, 4.69) is 9.97 Å². The van der Waals surface area contributed by atoms with Crippen LogP contribution in [0.15, 0.2) is 59.6 Å². The fourth-order valence-corrected chi connectivity index (χ4v) is 4.32. The van der Waals surface area contributed by atoms with Crippen LogP contribution in [0.3, 0.4) is 0 Å². The maximum atomic E-state index is 14.0. The zero-order chi connectivity index (χ0) is 22.7. The van der Waals surface area contributed by atoms with Gasteiger partial charge in [0.2, 0.25) is 11.1 Å². The number of carbonyl (C=O) groups excluding carboxylic acids is 1. The van der Waals surface area contributed by atoms with Gasteiger partial charge in [-0.05, 0) is 54.4 Å². The van der Waals surface area contributed by atoms with Gasteiger partial charge in [0.05, 0.1) is 23.4 Å². The Morgan fingerprint density at radius 2 is 2.00 bits per heavy atom. The summed E-state index contributed by atoms with van der Waals surface area (Å²) in [5.74, 6) is -0.682. The molecule has 0 atom stereocenters. The van der Waals surface area contributed by atoms with Gasteiger partial charge in [0.15, 0.2) is 15.8 Å². The van der Waals surface area contributed by atoms with E-state index in [-0.39, 0.29) is 22.8 Å². The Bertz CT molecular complexity index is 1220. The number of amides is 1. The molecule has 0 spiro atoms. The minimum absolute atomic E-state index is 0.142. The second-order valence-corrected chi connectivity index (χ2v) is 8.40. The third kappa shape index (κ3) is 4.74. The zero-order valence-electron chi connectivity index (χ0n) is 16.6. The minimum atomic E-state index is -0.759. The highest BCUT2D eigenvalue weighted by atomic mass is 35.5. The molecule has 1 saturated heterocycles. The SMILES string of the molecule is CCOc1cc(/C=C2/SC(=S)N(c3ccccc3)C2=O)ccc1Oc1nc(Cl)ncc1F. The Hall–Kier alpha value is -3.01. The number of hydrogen-bond donors (Lipinski definition) is 0. The van der Waals surface area contributed by atoms with Crippen molar-refractivity contribution >= 4 is 57.6 Å². The lowest BCUT2D eigenvalue weighted by molar-refractivity contribution is -0.113. The fraction of sp³-hybridized carbons (Fsp3) is 0.0909. The Morgan fingerprint density at radius 1 is 1.22 bits per heavy atom. The average molecular weight is 488 g/mol. The summed E-state index contributed by atoms with van der Waals surface area (Å²) in [5.41, 5.74) is 1.40. The number of nitrogens with zero attached hydrogens (tertiary/aromatic N) is 3. The maximum absolute atomic E-state index is 14.0. The first-order valence-corrected chi connectivity index (χ1v) is 11.0. The fourth-order valence-electron chi connectivity index (χ4n) is 2.89. The Morgan fingerprint density at radius 3 is 2.75 bits per heavy atom.